The fourth-order valence-corrected chi connectivity index (χ4v) is 2.72. The second kappa shape index (κ2) is 6.06. The van der Waals surface area contributed by atoms with Crippen LogP contribution in [-0.2, 0) is 17.6 Å². The Morgan fingerprint density at radius 3 is 2.00 bits per heavy atom. The van der Waals surface area contributed by atoms with Crippen LogP contribution in [0.5, 0.6) is 11.5 Å². The maximum atomic E-state index is 11.8. The third-order valence-electron chi connectivity index (χ3n) is 3.98. The molecule has 0 radical (unpaired) electrons. The maximum Gasteiger partial charge on any atom is 0.155 e. The van der Waals surface area contributed by atoms with E-state index in [1.54, 1.807) is 18.2 Å². The number of hydrogen-bond donors (Lipinski definition) is 2. The molecular weight excluding hydrogens is 276 g/mol. The highest BCUT2D eigenvalue weighted by Crippen LogP contribution is 2.37. The summed E-state index contributed by atoms with van der Waals surface area (Å²) in [5, 5.41) is 20.3. The van der Waals surface area contributed by atoms with Gasteiger partial charge in [0.2, 0.25) is 0 Å². The van der Waals surface area contributed by atoms with E-state index in [0.717, 1.165) is 24.0 Å². The average Bonchev–Trinajstić information content (AvgIpc) is 2.52. The van der Waals surface area contributed by atoms with Crippen molar-refractivity contribution in [3.8, 4) is 22.6 Å². The van der Waals surface area contributed by atoms with Crippen LogP contribution < -0.4 is 0 Å². The highest BCUT2D eigenvalue weighted by atomic mass is 16.3. The third-order valence-corrected chi connectivity index (χ3v) is 3.98. The number of phenolic OH excluding ortho intramolecular Hbond substituents is 2. The first-order valence-corrected chi connectivity index (χ1v) is 7.47. The first-order chi connectivity index (χ1) is 10.6. The van der Waals surface area contributed by atoms with Gasteiger partial charge in [-0.2, -0.15) is 0 Å². The predicted molar refractivity (Wildman–Crippen MR) is 86.0 cm³/mol. The topological polar surface area (TPSA) is 57.5 Å². The van der Waals surface area contributed by atoms with Crippen LogP contribution in [0.1, 0.15) is 24.0 Å². The summed E-state index contributed by atoms with van der Waals surface area (Å²) < 4.78 is 0. The molecule has 0 saturated heterocycles. The van der Waals surface area contributed by atoms with Crippen molar-refractivity contribution in [2.45, 2.75) is 25.7 Å². The summed E-state index contributed by atoms with van der Waals surface area (Å²) in [6.07, 6.45) is 6.19. The molecule has 2 aromatic carbocycles. The molecule has 0 heterocycles. The Hall–Kier alpha value is -2.55. The Morgan fingerprint density at radius 1 is 0.773 bits per heavy atom. The van der Waals surface area contributed by atoms with Gasteiger partial charge >= 0.3 is 0 Å². The van der Waals surface area contributed by atoms with E-state index >= 15 is 0 Å². The molecule has 0 saturated carbocycles. The molecule has 0 aromatic heterocycles. The number of carbonyl (C=O) groups excluding carboxylic acids is 1. The summed E-state index contributed by atoms with van der Waals surface area (Å²) in [5.41, 5.74) is 3.27. The Kier molecular flexibility index (Phi) is 3.96. The smallest absolute Gasteiger partial charge is 0.155 e. The van der Waals surface area contributed by atoms with Gasteiger partial charge in [-0.05, 0) is 60.7 Å². The van der Waals surface area contributed by atoms with Crippen molar-refractivity contribution in [1.82, 2.24) is 0 Å². The molecule has 1 aliphatic rings. The van der Waals surface area contributed by atoms with E-state index < -0.39 is 0 Å². The minimum atomic E-state index is 0.114. The SMILES string of the molecule is O=C1/C=C\CCc2ccc(O)c(c2)-c2cc(ccc2O)CC1. The van der Waals surface area contributed by atoms with Crippen LogP contribution in [0.3, 0.4) is 0 Å². The monoisotopic (exact) mass is 294 g/mol. The van der Waals surface area contributed by atoms with E-state index in [2.05, 4.69) is 0 Å². The van der Waals surface area contributed by atoms with Crippen molar-refractivity contribution in [2.75, 3.05) is 0 Å². The van der Waals surface area contributed by atoms with Gasteiger partial charge < -0.3 is 10.2 Å². The summed E-state index contributed by atoms with van der Waals surface area (Å²) >= 11 is 0. The van der Waals surface area contributed by atoms with Crippen LogP contribution in [0, 0.1) is 0 Å². The number of ketones is 1. The van der Waals surface area contributed by atoms with Crippen molar-refractivity contribution in [3.63, 3.8) is 0 Å². The Morgan fingerprint density at radius 2 is 1.36 bits per heavy atom. The fourth-order valence-electron chi connectivity index (χ4n) is 2.72. The Labute approximate surface area is 129 Å². The number of allylic oxidation sites excluding steroid dienone is 2. The largest absolute Gasteiger partial charge is 0.507 e. The summed E-state index contributed by atoms with van der Waals surface area (Å²) in [5.74, 6) is 0.400. The molecule has 112 valence electrons. The zero-order valence-electron chi connectivity index (χ0n) is 12.2. The highest BCUT2D eigenvalue weighted by molar-refractivity contribution is 5.89. The van der Waals surface area contributed by atoms with Crippen molar-refractivity contribution in [1.29, 1.82) is 0 Å². The molecular formula is C19H18O3. The summed E-state index contributed by atoms with van der Waals surface area (Å²) in [6, 6.07) is 10.7. The fraction of sp³-hybridized carbons (Fsp3) is 0.211. The highest BCUT2D eigenvalue weighted by Gasteiger charge is 2.12. The van der Waals surface area contributed by atoms with E-state index in [0.29, 0.717) is 24.0 Å². The maximum absolute atomic E-state index is 11.8. The Balaban J connectivity index is 2.12. The van der Waals surface area contributed by atoms with E-state index in [9.17, 15) is 15.0 Å². The number of benzene rings is 2. The quantitative estimate of drug-likeness (QED) is 0.777. The molecule has 0 unspecified atom stereocenters. The van der Waals surface area contributed by atoms with Gasteiger partial charge in [0.15, 0.2) is 5.78 Å². The van der Waals surface area contributed by atoms with Gasteiger partial charge in [0, 0.05) is 17.5 Å². The lowest BCUT2D eigenvalue weighted by atomic mass is 9.96. The molecule has 22 heavy (non-hydrogen) atoms. The summed E-state index contributed by atoms with van der Waals surface area (Å²) in [7, 11) is 0. The lowest BCUT2D eigenvalue weighted by Crippen LogP contribution is -1.96. The van der Waals surface area contributed by atoms with Crippen molar-refractivity contribution in [3.05, 3.63) is 59.7 Å². The van der Waals surface area contributed by atoms with Gasteiger partial charge in [-0.25, -0.2) is 0 Å². The molecule has 4 bridgehead atoms. The van der Waals surface area contributed by atoms with E-state index in [1.165, 1.54) is 0 Å². The number of hydrogen-bond acceptors (Lipinski definition) is 3. The second-order valence-corrected chi connectivity index (χ2v) is 5.61. The number of aryl methyl sites for hydroxylation is 2. The minimum absolute atomic E-state index is 0.114. The van der Waals surface area contributed by atoms with Gasteiger partial charge in [0.1, 0.15) is 11.5 Å². The number of rotatable bonds is 0. The third kappa shape index (κ3) is 3.03. The van der Waals surface area contributed by atoms with Gasteiger partial charge in [-0.15, -0.1) is 0 Å². The Bertz CT molecular complexity index is 744. The number of fused-ring (bicyclic) bond motifs is 5. The number of carbonyl (C=O) groups is 1. The zero-order chi connectivity index (χ0) is 15.5. The normalized spacial score (nSPS) is 16.3. The van der Waals surface area contributed by atoms with Crippen molar-refractivity contribution in [2.24, 2.45) is 0 Å². The van der Waals surface area contributed by atoms with Crippen LogP contribution in [-0.4, -0.2) is 16.0 Å². The molecule has 3 heteroatoms. The van der Waals surface area contributed by atoms with Gasteiger partial charge in [0.25, 0.3) is 0 Å². The van der Waals surface area contributed by atoms with Crippen LogP contribution in [0.25, 0.3) is 11.1 Å². The van der Waals surface area contributed by atoms with Crippen molar-refractivity contribution >= 4 is 5.78 Å². The zero-order valence-corrected chi connectivity index (χ0v) is 12.2. The lowest BCUT2D eigenvalue weighted by Gasteiger charge is -2.11. The lowest BCUT2D eigenvalue weighted by molar-refractivity contribution is -0.114. The molecule has 3 nitrogen and oxygen atoms in total. The van der Waals surface area contributed by atoms with E-state index in [1.807, 2.05) is 30.3 Å². The van der Waals surface area contributed by atoms with Crippen LogP contribution >= 0.6 is 0 Å². The average molecular weight is 294 g/mol. The molecule has 0 amide bonds. The van der Waals surface area contributed by atoms with Gasteiger partial charge in [0.05, 0.1) is 0 Å². The molecule has 2 N–H and O–H groups in total. The first-order valence-electron chi connectivity index (χ1n) is 7.47. The van der Waals surface area contributed by atoms with Gasteiger partial charge in [-0.3, -0.25) is 4.79 Å². The molecule has 3 rings (SSSR count). The van der Waals surface area contributed by atoms with Gasteiger partial charge in [-0.1, -0.05) is 18.2 Å². The molecule has 0 aliphatic heterocycles. The van der Waals surface area contributed by atoms with Crippen LogP contribution in [0.15, 0.2) is 48.6 Å². The van der Waals surface area contributed by atoms with E-state index in [4.69, 9.17) is 0 Å². The molecule has 0 fully saturated rings. The predicted octanol–water partition coefficient (Wildman–Crippen LogP) is 3.77. The molecule has 0 spiro atoms. The molecule has 2 aromatic rings. The van der Waals surface area contributed by atoms with Crippen LogP contribution in [0.4, 0.5) is 0 Å². The molecule has 1 aliphatic carbocycles. The summed E-state index contributed by atoms with van der Waals surface area (Å²) in [6.45, 7) is 0. The number of aromatic hydroxyl groups is 2. The van der Waals surface area contributed by atoms with E-state index in [-0.39, 0.29) is 17.3 Å². The number of phenols is 2. The standard InChI is InChI=1S/C19H18O3/c20-15-4-2-1-3-13-6-9-18(21)16(11-13)17-12-14(5-8-15)7-10-19(17)22/h2,4,6-7,9-12,21-22H,1,3,5,8H2/b4-2-. The van der Waals surface area contributed by atoms with Crippen molar-refractivity contribution < 1.29 is 15.0 Å². The summed E-state index contributed by atoms with van der Waals surface area (Å²) in [4.78, 5) is 11.8. The van der Waals surface area contributed by atoms with Crippen LogP contribution in [0.2, 0.25) is 0 Å². The first kappa shape index (κ1) is 14.4. The second-order valence-electron chi connectivity index (χ2n) is 5.61. The minimum Gasteiger partial charge on any atom is -0.507 e. The molecule has 0 atom stereocenters.